The molecule has 8 aromatic carbocycles. The number of hydrogen-bond acceptors (Lipinski definition) is 4. The van der Waals surface area contributed by atoms with E-state index in [1.807, 2.05) is 12.1 Å². The molecular weight excluding hydrogens is 807 g/mol. The van der Waals surface area contributed by atoms with Crippen molar-refractivity contribution in [1.82, 2.24) is 4.57 Å². The predicted octanol–water partition coefficient (Wildman–Crippen LogP) is 15.5. The fraction of sp³-hybridized carbons (Fsp3) is 0.200. The maximum absolute atomic E-state index is 6.98. The molecule has 1 aliphatic heterocycles. The highest BCUT2D eigenvalue weighted by molar-refractivity contribution is 6.73. The molecule has 0 amide bonds. The maximum atomic E-state index is 6.98. The van der Waals surface area contributed by atoms with Gasteiger partial charge in [-0.3, -0.25) is 0 Å². The lowest BCUT2D eigenvalue weighted by Gasteiger charge is -2.41. The van der Waals surface area contributed by atoms with Crippen molar-refractivity contribution in [3.63, 3.8) is 0 Å². The summed E-state index contributed by atoms with van der Waals surface area (Å²) in [6.07, 6.45) is 2.31. The summed E-state index contributed by atoms with van der Waals surface area (Å²) in [7, 11) is 2.38. The van der Waals surface area contributed by atoms with Crippen LogP contribution in [0, 0.1) is 0 Å². The molecule has 319 valence electrons. The predicted molar refractivity (Wildman–Crippen MR) is 277 cm³/mol. The van der Waals surface area contributed by atoms with Crippen molar-refractivity contribution in [2.75, 3.05) is 5.32 Å². The number of anilines is 2. The lowest BCUT2D eigenvalue weighted by atomic mass is 9.59. The lowest BCUT2D eigenvalue weighted by Crippen LogP contribution is -2.37. The molecule has 0 saturated carbocycles. The van der Waals surface area contributed by atoms with Crippen molar-refractivity contribution >= 4 is 117 Å². The van der Waals surface area contributed by atoms with Crippen molar-refractivity contribution in [2.45, 2.75) is 77.6 Å². The molecule has 14 rings (SSSR count). The Morgan fingerprint density at radius 3 is 1.82 bits per heavy atom. The molecule has 4 aromatic heterocycles. The molecule has 0 unspecified atom stereocenters. The minimum absolute atomic E-state index is 0.0477. The first kappa shape index (κ1) is 38.1. The van der Waals surface area contributed by atoms with Crippen LogP contribution in [0.15, 0.2) is 147 Å². The zero-order chi connectivity index (χ0) is 44.6. The monoisotopic (exact) mass is 855 g/mol. The first-order valence-corrected chi connectivity index (χ1v) is 23.4. The second-order valence-electron chi connectivity index (χ2n) is 21.5. The fourth-order valence-corrected chi connectivity index (χ4v) is 11.6. The van der Waals surface area contributed by atoms with E-state index in [2.05, 4.69) is 187 Å². The van der Waals surface area contributed by atoms with Crippen molar-refractivity contribution in [3.8, 4) is 16.8 Å². The molecule has 5 nitrogen and oxygen atoms in total. The summed E-state index contributed by atoms with van der Waals surface area (Å²) in [5.41, 5.74) is 19.6. The van der Waals surface area contributed by atoms with Crippen LogP contribution in [0.1, 0.15) is 78.0 Å². The van der Waals surface area contributed by atoms with E-state index in [4.69, 9.17) is 13.3 Å². The molecule has 1 aliphatic carbocycles. The van der Waals surface area contributed by atoms with E-state index in [9.17, 15) is 0 Å². The second kappa shape index (κ2) is 12.8. The molecule has 0 fully saturated rings. The third kappa shape index (κ3) is 5.30. The van der Waals surface area contributed by atoms with Crippen LogP contribution in [-0.4, -0.2) is 11.8 Å². The summed E-state index contributed by atoms with van der Waals surface area (Å²) in [5, 5.41) is 13.0. The normalized spacial score (nSPS) is 15.4. The highest BCUT2D eigenvalue weighted by Crippen LogP contribution is 2.50. The Morgan fingerprint density at radius 2 is 1.11 bits per heavy atom. The molecule has 5 heterocycles. The topological polar surface area (TPSA) is 56.4 Å². The Hall–Kier alpha value is -7.18. The molecule has 0 saturated heterocycles. The number of furan rings is 3. The van der Waals surface area contributed by atoms with Gasteiger partial charge in [-0.1, -0.05) is 115 Å². The van der Waals surface area contributed by atoms with E-state index in [1.165, 1.54) is 27.6 Å². The molecule has 66 heavy (non-hydrogen) atoms. The van der Waals surface area contributed by atoms with Crippen molar-refractivity contribution < 1.29 is 13.3 Å². The average molecular weight is 856 g/mol. The average Bonchev–Trinajstić information content (AvgIpc) is 4.05. The van der Waals surface area contributed by atoms with E-state index in [1.54, 1.807) is 0 Å². The molecule has 0 atom stereocenters. The van der Waals surface area contributed by atoms with Gasteiger partial charge in [0.2, 0.25) is 0 Å². The van der Waals surface area contributed by atoms with E-state index >= 15 is 0 Å². The smallest absolute Gasteiger partial charge is 0.198 e. The number of nitrogens with zero attached hydrogens (tertiary/aromatic N) is 1. The molecule has 12 aromatic rings. The van der Waals surface area contributed by atoms with Crippen LogP contribution < -0.4 is 16.2 Å². The van der Waals surface area contributed by atoms with Crippen LogP contribution >= 0.6 is 0 Å². The zero-order valence-corrected chi connectivity index (χ0v) is 38.4. The number of nitrogens with one attached hydrogen (secondary N) is 1. The molecule has 0 bridgehead atoms. The van der Waals surface area contributed by atoms with Gasteiger partial charge in [0, 0.05) is 71.2 Å². The van der Waals surface area contributed by atoms with Crippen molar-refractivity contribution in [1.29, 1.82) is 0 Å². The molecule has 1 N–H and O–H groups in total. The molecule has 1 radical (unpaired) electrons. The first-order chi connectivity index (χ1) is 31.8. The van der Waals surface area contributed by atoms with Crippen LogP contribution in [0.25, 0.3) is 104 Å². The van der Waals surface area contributed by atoms with Crippen molar-refractivity contribution in [3.05, 3.63) is 150 Å². The Balaban J connectivity index is 1.06. The third-order valence-electron chi connectivity index (χ3n) is 15.4. The van der Waals surface area contributed by atoms with E-state index < -0.39 is 0 Å². The number of benzene rings is 8. The number of fused-ring (bicyclic) bond motifs is 15. The van der Waals surface area contributed by atoms with Gasteiger partial charge < -0.3 is 23.1 Å². The molecule has 0 spiro atoms. The summed E-state index contributed by atoms with van der Waals surface area (Å²) in [6.45, 7) is 16.4. The van der Waals surface area contributed by atoms with Gasteiger partial charge in [-0.05, 0) is 130 Å². The minimum Gasteiger partial charge on any atom is -0.456 e. The highest BCUT2D eigenvalue weighted by atomic mass is 16.3. The summed E-state index contributed by atoms with van der Waals surface area (Å²) in [6, 6.07) is 48.8. The lowest BCUT2D eigenvalue weighted by molar-refractivity contribution is 0.332. The Labute approximate surface area is 383 Å². The SMILES string of the molecule is CC(C)(C)c1ccc(Nc2cc3c(cc2-c2ccc4c5cc6oc7ccccc7c6cc5n5c4c2[B]c2cc4oc6ccccc6c4cc2-5)oc2cc4c(cc23)C(C)(C)CCC4(C)C)cc1. The zero-order valence-electron chi connectivity index (χ0n) is 38.4. The van der Waals surface area contributed by atoms with E-state index in [-0.39, 0.29) is 16.2 Å². The van der Waals surface area contributed by atoms with Crippen LogP contribution in [-0.2, 0) is 16.2 Å². The number of aromatic nitrogens is 1. The molecule has 6 heteroatoms. The third-order valence-corrected chi connectivity index (χ3v) is 15.4. The number of rotatable bonds is 3. The maximum Gasteiger partial charge on any atom is 0.198 e. The second-order valence-corrected chi connectivity index (χ2v) is 21.5. The molecule has 2 aliphatic rings. The van der Waals surface area contributed by atoms with Crippen LogP contribution in [0.4, 0.5) is 11.4 Å². The van der Waals surface area contributed by atoms with Gasteiger partial charge in [-0.15, -0.1) is 0 Å². The number of hydrogen-bond donors (Lipinski definition) is 1. The van der Waals surface area contributed by atoms with Crippen LogP contribution in [0.3, 0.4) is 0 Å². The summed E-state index contributed by atoms with van der Waals surface area (Å²) in [5.74, 6) is 0. The van der Waals surface area contributed by atoms with E-state index in [0.29, 0.717) is 0 Å². The van der Waals surface area contributed by atoms with Gasteiger partial charge in [0.25, 0.3) is 0 Å². The summed E-state index contributed by atoms with van der Waals surface area (Å²) < 4.78 is 22.6. The summed E-state index contributed by atoms with van der Waals surface area (Å²) in [4.78, 5) is 0. The van der Waals surface area contributed by atoms with Gasteiger partial charge in [0.15, 0.2) is 7.28 Å². The van der Waals surface area contributed by atoms with Gasteiger partial charge >= 0.3 is 0 Å². The van der Waals surface area contributed by atoms with Gasteiger partial charge in [0.1, 0.15) is 33.5 Å². The Bertz CT molecular complexity index is 4090. The van der Waals surface area contributed by atoms with Crippen LogP contribution in [0.5, 0.6) is 0 Å². The Morgan fingerprint density at radius 1 is 0.515 bits per heavy atom. The van der Waals surface area contributed by atoms with Gasteiger partial charge in [0.05, 0.1) is 5.52 Å². The summed E-state index contributed by atoms with van der Waals surface area (Å²) >= 11 is 0. The minimum atomic E-state index is 0.0477. The van der Waals surface area contributed by atoms with Crippen LogP contribution in [0.2, 0.25) is 0 Å². The Kier molecular flexibility index (Phi) is 7.39. The standard InChI is InChI=1S/C60H48BN2O3/c1-58(2,3)32-16-18-33(19-17-32)62-47-25-41-40-24-44-45(60(6,7)23-22-59(44,4)5)30-54(40)66-52(41)28-38(47)36-20-21-37-39-29-53-42(34-12-8-10-14-50(34)64-53)26-48(39)63-49-27-43-35-13-9-11-15-51(35)65-55(43)31-46(49)61-56(36)57(37)63/h8-21,24-31,62H,22-23H2,1-7H3. The highest BCUT2D eigenvalue weighted by Gasteiger charge is 2.38. The molecular formula is C60H48BN2O3. The largest absolute Gasteiger partial charge is 0.456 e. The fourth-order valence-electron chi connectivity index (χ4n) is 11.6. The number of para-hydroxylation sites is 2. The van der Waals surface area contributed by atoms with E-state index in [0.717, 1.165) is 129 Å². The first-order valence-electron chi connectivity index (χ1n) is 23.4. The van der Waals surface area contributed by atoms with Crippen molar-refractivity contribution in [2.24, 2.45) is 0 Å². The van der Waals surface area contributed by atoms with Gasteiger partial charge in [-0.2, -0.15) is 0 Å². The van der Waals surface area contributed by atoms with Gasteiger partial charge in [-0.25, -0.2) is 0 Å². The quantitative estimate of drug-likeness (QED) is 0.180.